The second kappa shape index (κ2) is 3.25. The van der Waals surface area contributed by atoms with Gasteiger partial charge >= 0.3 is 0 Å². The molecule has 52 valence electrons. The lowest BCUT2D eigenvalue weighted by molar-refractivity contribution is 0.188. The number of aliphatic hydroxyl groups is 1. The van der Waals surface area contributed by atoms with E-state index < -0.39 is 5.60 Å². The van der Waals surface area contributed by atoms with Gasteiger partial charge in [-0.25, -0.2) is 0 Å². The van der Waals surface area contributed by atoms with Crippen LogP contribution in [0.25, 0.3) is 0 Å². The molecule has 0 aliphatic heterocycles. The Kier molecular flexibility index (Phi) is 2.95. The van der Waals surface area contributed by atoms with Gasteiger partial charge in [0, 0.05) is 13.3 Å². The molecular formula is C6H12N2O. The molecule has 3 heteroatoms. The summed E-state index contributed by atoms with van der Waals surface area (Å²) in [5, 5.41) is 18.5. The van der Waals surface area contributed by atoms with Gasteiger partial charge in [-0.15, -0.1) is 0 Å². The molecule has 0 bridgehead atoms. The fraction of sp³-hybridized carbons (Fsp3) is 0.500. The summed E-state index contributed by atoms with van der Waals surface area (Å²) >= 11 is 0. The van der Waals surface area contributed by atoms with Crippen LogP contribution in [0.1, 0.15) is 6.92 Å². The smallest absolute Gasteiger partial charge is 0.116 e. The normalized spacial score (nSPS) is 17.2. The highest BCUT2D eigenvalue weighted by Crippen LogP contribution is 1.98. The highest BCUT2D eigenvalue weighted by atomic mass is 16.3. The molecule has 9 heavy (non-hydrogen) atoms. The minimum absolute atomic E-state index is 0.973. The van der Waals surface area contributed by atoms with Gasteiger partial charge in [-0.05, 0) is 19.2 Å². The van der Waals surface area contributed by atoms with Gasteiger partial charge < -0.3 is 15.8 Å². The molecule has 0 radical (unpaired) electrons. The first-order chi connectivity index (χ1) is 4.12. The molecule has 0 amide bonds. The Bertz CT molecular complexity index is 118. The van der Waals surface area contributed by atoms with Crippen molar-refractivity contribution in [3.8, 4) is 0 Å². The summed E-state index contributed by atoms with van der Waals surface area (Å²) in [7, 11) is 1.73. The summed E-state index contributed by atoms with van der Waals surface area (Å²) in [6.07, 6.45) is 4.06. The monoisotopic (exact) mass is 128 g/mol. The van der Waals surface area contributed by atoms with Gasteiger partial charge in [0.05, 0.1) is 0 Å². The molecule has 0 fully saturated rings. The van der Waals surface area contributed by atoms with E-state index in [9.17, 15) is 0 Å². The third-order valence-corrected chi connectivity index (χ3v) is 0.880. The molecule has 1 unspecified atom stereocenters. The summed E-state index contributed by atoms with van der Waals surface area (Å²) in [5.74, 6) is 0. The highest BCUT2D eigenvalue weighted by molar-refractivity contribution is 5.67. The minimum Gasteiger partial charge on any atom is -0.394 e. The molecule has 0 spiro atoms. The maximum absolute atomic E-state index is 9.08. The largest absolute Gasteiger partial charge is 0.394 e. The third kappa shape index (κ3) is 3.73. The Balaban J connectivity index is 3.84. The van der Waals surface area contributed by atoms with Gasteiger partial charge in [0.15, 0.2) is 0 Å². The van der Waals surface area contributed by atoms with E-state index in [1.54, 1.807) is 13.2 Å². The van der Waals surface area contributed by atoms with Crippen molar-refractivity contribution in [1.29, 1.82) is 5.41 Å². The SMILES string of the molecule is CN/C=C\C(C)(O)C=N. The quantitative estimate of drug-likeness (QED) is 0.473. The molecule has 0 aromatic rings. The van der Waals surface area contributed by atoms with Crippen LogP contribution >= 0.6 is 0 Å². The molecule has 0 aliphatic rings. The lowest BCUT2D eigenvalue weighted by Gasteiger charge is -2.09. The van der Waals surface area contributed by atoms with E-state index >= 15 is 0 Å². The molecular weight excluding hydrogens is 116 g/mol. The van der Waals surface area contributed by atoms with Gasteiger partial charge in [0.2, 0.25) is 0 Å². The van der Waals surface area contributed by atoms with Crippen molar-refractivity contribution in [2.24, 2.45) is 0 Å². The molecule has 3 N–H and O–H groups in total. The van der Waals surface area contributed by atoms with Crippen molar-refractivity contribution < 1.29 is 5.11 Å². The van der Waals surface area contributed by atoms with E-state index in [1.165, 1.54) is 13.0 Å². The molecule has 1 atom stereocenters. The lowest BCUT2D eigenvalue weighted by Crippen LogP contribution is -2.22. The van der Waals surface area contributed by atoms with Crippen molar-refractivity contribution in [2.75, 3.05) is 7.05 Å². The molecule has 0 aromatic heterocycles. The van der Waals surface area contributed by atoms with Crippen LogP contribution in [-0.4, -0.2) is 24.0 Å². The van der Waals surface area contributed by atoms with Gasteiger partial charge in [-0.1, -0.05) is 0 Å². The van der Waals surface area contributed by atoms with Crippen molar-refractivity contribution in [3.63, 3.8) is 0 Å². The zero-order valence-electron chi connectivity index (χ0n) is 5.68. The van der Waals surface area contributed by atoms with Crippen LogP contribution in [-0.2, 0) is 0 Å². The molecule has 0 saturated carbocycles. The van der Waals surface area contributed by atoms with Crippen molar-refractivity contribution >= 4 is 6.21 Å². The predicted molar refractivity (Wildman–Crippen MR) is 37.6 cm³/mol. The predicted octanol–water partition coefficient (Wildman–Crippen LogP) is 0.120. The average molecular weight is 128 g/mol. The second-order valence-corrected chi connectivity index (χ2v) is 1.99. The fourth-order valence-electron chi connectivity index (χ4n) is 0.300. The van der Waals surface area contributed by atoms with Crippen LogP contribution in [0.3, 0.4) is 0 Å². The molecule has 0 saturated heterocycles. The summed E-state index contributed by atoms with van der Waals surface area (Å²) in [6.45, 7) is 1.54. The number of nitrogens with one attached hydrogen (secondary N) is 2. The standard InChI is InChI=1S/C6H12N2O/c1-6(9,5-7)3-4-8-2/h3-5,7-9H,1-2H3/b4-3-,7-5?. The van der Waals surface area contributed by atoms with E-state index in [4.69, 9.17) is 10.5 Å². The van der Waals surface area contributed by atoms with Gasteiger partial charge in [-0.3, -0.25) is 0 Å². The Morgan fingerprint density at radius 3 is 2.56 bits per heavy atom. The minimum atomic E-state index is -1.11. The van der Waals surface area contributed by atoms with E-state index in [2.05, 4.69) is 5.32 Å². The first kappa shape index (κ1) is 8.17. The van der Waals surface area contributed by atoms with Crippen LogP contribution in [0.4, 0.5) is 0 Å². The Morgan fingerprint density at radius 1 is 1.67 bits per heavy atom. The molecule has 0 rings (SSSR count). The van der Waals surface area contributed by atoms with Crippen molar-refractivity contribution in [3.05, 3.63) is 12.3 Å². The Hall–Kier alpha value is -0.830. The topological polar surface area (TPSA) is 56.1 Å². The molecule has 0 heterocycles. The summed E-state index contributed by atoms with van der Waals surface area (Å²) in [5.41, 5.74) is -1.11. The number of hydrogen-bond donors (Lipinski definition) is 3. The van der Waals surface area contributed by atoms with E-state index in [1.807, 2.05) is 0 Å². The second-order valence-electron chi connectivity index (χ2n) is 1.99. The van der Waals surface area contributed by atoms with Gasteiger partial charge in [0.1, 0.15) is 5.60 Å². The van der Waals surface area contributed by atoms with Crippen LogP contribution < -0.4 is 5.32 Å². The number of rotatable bonds is 3. The summed E-state index contributed by atoms with van der Waals surface area (Å²) in [6, 6.07) is 0. The van der Waals surface area contributed by atoms with Crippen LogP contribution in [0.5, 0.6) is 0 Å². The lowest BCUT2D eigenvalue weighted by atomic mass is 10.1. The highest BCUT2D eigenvalue weighted by Gasteiger charge is 2.09. The first-order valence-electron chi connectivity index (χ1n) is 2.71. The molecule has 3 nitrogen and oxygen atoms in total. The Morgan fingerprint density at radius 2 is 2.22 bits per heavy atom. The van der Waals surface area contributed by atoms with Crippen molar-refractivity contribution in [1.82, 2.24) is 5.32 Å². The average Bonchev–Trinajstić information content (AvgIpc) is 1.84. The van der Waals surface area contributed by atoms with Crippen molar-refractivity contribution in [2.45, 2.75) is 12.5 Å². The number of hydrogen-bond acceptors (Lipinski definition) is 3. The summed E-state index contributed by atoms with van der Waals surface area (Å²) in [4.78, 5) is 0. The van der Waals surface area contributed by atoms with Crippen LogP contribution in [0.2, 0.25) is 0 Å². The fourth-order valence-corrected chi connectivity index (χ4v) is 0.300. The third-order valence-electron chi connectivity index (χ3n) is 0.880. The Labute approximate surface area is 54.9 Å². The van der Waals surface area contributed by atoms with Gasteiger partial charge in [0.25, 0.3) is 0 Å². The maximum Gasteiger partial charge on any atom is 0.116 e. The van der Waals surface area contributed by atoms with E-state index in [-0.39, 0.29) is 0 Å². The molecule has 0 aliphatic carbocycles. The zero-order chi connectivity index (χ0) is 7.33. The summed E-state index contributed by atoms with van der Waals surface area (Å²) < 4.78 is 0. The van der Waals surface area contributed by atoms with E-state index in [0.717, 1.165) is 6.21 Å². The van der Waals surface area contributed by atoms with Crippen LogP contribution in [0.15, 0.2) is 12.3 Å². The van der Waals surface area contributed by atoms with E-state index in [0.29, 0.717) is 0 Å². The molecule has 0 aromatic carbocycles. The maximum atomic E-state index is 9.08. The first-order valence-corrected chi connectivity index (χ1v) is 2.71. The van der Waals surface area contributed by atoms with Gasteiger partial charge in [-0.2, -0.15) is 0 Å². The van der Waals surface area contributed by atoms with Crippen LogP contribution in [0, 0.1) is 5.41 Å². The zero-order valence-corrected chi connectivity index (χ0v) is 5.68.